The van der Waals surface area contributed by atoms with Crippen molar-refractivity contribution < 1.29 is 28.6 Å². The molecule has 0 aliphatic heterocycles. The first-order chi connectivity index (χ1) is 28.0. The van der Waals surface area contributed by atoms with Crippen LogP contribution >= 0.6 is 0 Å². The van der Waals surface area contributed by atoms with E-state index in [1.807, 2.05) is 0 Å². The molecule has 0 saturated heterocycles. The first-order valence-electron chi connectivity index (χ1n) is 22.4. The van der Waals surface area contributed by atoms with Crippen LogP contribution in [0.25, 0.3) is 0 Å². The molecule has 0 aromatic carbocycles. The van der Waals surface area contributed by atoms with Crippen molar-refractivity contribution in [1.82, 2.24) is 0 Å². The number of ether oxygens (including phenoxy) is 3. The highest BCUT2D eigenvalue weighted by atomic mass is 16.6. The molecule has 0 bridgehead atoms. The van der Waals surface area contributed by atoms with Gasteiger partial charge in [-0.25, -0.2) is 0 Å². The molecule has 320 valence electrons. The Morgan fingerprint density at radius 3 is 1.12 bits per heavy atom. The molecule has 1 atom stereocenters. The number of hydrogen-bond acceptors (Lipinski definition) is 6. The van der Waals surface area contributed by atoms with E-state index in [0.29, 0.717) is 19.3 Å². The van der Waals surface area contributed by atoms with Gasteiger partial charge in [0.1, 0.15) is 13.2 Å². The molecule has 0 N–H and O–H groups in total. The number of carbonyl (C=O) groups is 3. The third-order valence-corrected chi connectivity index (χ3v) is 8.74. The molecule has 57 heavy (non-hydrogen) atoms. The van der Waals surface area contributed by atoms with E-state index < -0.39 is 6.10 Å². The highest BCUT2D eigenvalue weighted by Crippen LogP contribution is 2.10. The Labute approximate surface area is 349 Å². The molecule has 0 saturated carbocycles. The lowest BCUT2D eigenvalue weighted by atomic mass is 10.1. The van der Waals surface area contributed by atoms with E-state index in [-0.39, 0.29) is 44.0 Å². The van der Waals surface area contributed by atoms with Gasteiger partial charge in [-0.1, -0.05) is 156 Å². The van der Waals surface area contributed by atoms with Crippen LogP contribution in [0.15, 0.2) is 109 Å². The quantitative estimate of drug-likeness (QED) is 0.0268. The summed E-state index contributed by atoms with van der Waals surface area (Å²) in [6, 6.07) is 0. The summed E-state index contributed by atoms with van der Waals surface area (Å²) in [5, 5.41) is 0. The molecule has 1 unspecified atom stereocenters. The minimum atomic E-state index is -0.828. The van der Waals surface area contributed by atoms with Gasteiger partial charge in [0.2, 0.25) is 0 Å². The maximum atomic E-state index is 12.7. The van der Waals surface area contributed by atoms with E-state index in [9.17, 15) is 14.4 Å². The third-order valence-electron chi connectivity index (χ3n) is 8.74. The van der Waals surface area contributed by atoms with Crippen molar-refractivity contribution >= 4 is 17.9 Å². The number of allylic oxidation sites excluding steroid dienone is 18. The second kappa shape index (κ2) is 44.8. The van der Waals surface area contributed by atoms with Crippen molar-refractivity contribution in [3.8, 4) is 0 Å². The van der Waals surface area contributed by atoms with E-state index in [2.05, 4.69) is 130 Å². The Bertz CT molecular complexity index is 1230. The molecule has 0 amide bonds. The maximum absolute atomic E-state index is 12.7. The minimum absolute atomic E-state index is 0.127. The van der Waals surface area contributed by atoms with Crippen molar-refractivity contribution in [2.45, 2.75) is 181 Å². The fourth-order valence-electron chi connectivity index (χ4n) is 5.43. The van der Waals surface area contributed by atoms with Crippen LogP contribution in [0, 0.1) is 0 Å². The van der Waals surface area contributed by atoms with Crippen LogP contribution in [0.4, 0.5) is 0 Å². The average molecular weight is 789 g/mol. The molecule has 6 nitrogen and oxygen atoms in total. The van der Waals surface area contributed by atoms with Crippen molar-refractivity contribution in [3.05, 3.63) is 109 Å². The van der Waals surface area contributed by atoms with Gasteiger partial charge in [0.05, 0.1) is 0 Å². The van der Waals surface area contributed by atoms with Crippen molar-refractivity contribution in [2.75, 3.05) is 13.2 Å². The number of unbranched alkanes of at least 4 members (excludes halogenated alkanes) is 9. The van der Waals surface area contributed by atoms with Crippen LogP contribution in [-0.2, 0) is 28.6 Å². The Morgan fingerprint density at radius 1 is 0.368 bits per heavy atom. The van der Waals surface area contributed by atoms with Gasteiger partial charge in [-0.15, -0.1) is 0 Å². The predicted molar refractivity (Wildman–Crippen MR) is 242 cm³/mol. The Morgan fingerprint density at radius 2 is 0.702 bits per heavy atom. The average Bonchev–Trinajstić information content (AvgIpc) is 3.21. The van der Waals surface area contributed by atoms with Crippen LogP contribution in [-0.4, -0.2) is 37.2 Å². The van der Waals surface area contributed by atoms with Gasteiger partial charge in [0, 0.05) is 19.3 Å². The summed E-state index contributed by atoms with van der Waals surface area (Å²) in [4.78, 5) is 37.6. The van der Waals surface area contributed by atoms with Crippen molar-refractivity contribution in [3.63, 3.8) is 0 Å². The summed E-state index contributed by atoms with van der Waals surface area (Å²) in [6.07, 6.45) is 59.5. The first-order valence-corrected chi connectivity index (χ1v) is 22.4. The molecule has 0 aromatic rings. The SMILES string of the molecule is CC/C=C\C/C=C\C/C=C\C/C=C\C/C=C\CCCCCC(=O)OCC(COC(=O)CCC/C=C\CCCCCC)OC(=O)CCC/C=C\C/C=C\C/C=C\CC. The highest BCUT2D eigenvalue weighted by Gasteiger charge is 2.19. The largest absolute Gasteiger partial charge is 0.462 e. The second-order valence-electron chi connectivity index (χ2n) is 14.2. The second-order valence-corrected chi connectivity index (χ2v) is 14.2. The first kappa shape index (κ1) is 53.1. The fraction of sp³-hybridized carbons (Fsp3) is 0.588. The third kappa shape index (κ3) is 43.0. The number of hydrogen-bond donors (Lipinski definition) is 0. The van der Waals surface area contributed by atoms with Crippen molar-refractivity contribution in [1.29, 1.82) is 0 Å². The van der Waals surface area contributed by atoms with Gasteiger partial charge >= 0.3 is 17.9 Å². The van der Waals surface area contributed by atoms with E-state index in [1.54, 1.807) is 0 Å². The van der Waals surface area contributed by atoms with Gasteiger partial charge in [-0.2, -0.15) is 0 Å². The summed E-state index contributed by atoms with van der Waals surface area (Å²) in [6.45, 7) is 6.23. The summed E-state index contributed by atoms with van der Waals surface area (Å²) < 4.78 is 16.5. The summed E-state index contributed by atoms with van der Waals surface area (Å²) in [5.74, 6) is -1.06. The number of rotatable bonds is 38. The topological polar surface area (TPSA) is 78.9 Å². The van der Waals surface area contributed by atoms with E-state index in [0.717, 1.165) is 96.3 Å². The monoisotopic (exact) mass is 789 g/mol. The lowest BCUT2D eigenvalue weighted by Gasteiger charge is -2.18. The van der Waals surface area contributed by atoms with Gasteiger partial charge < -0.3 is 14.2 Å². The highest BCUT2D eigenvalue weighted by molar-refractivity contribution is 5.71. The standard InChI is InChI=1S/C51H80O6/c1-4-7-10-13-16-19-21-22-23-24-25-26-27-28-30-32-35-38-41-44-50(53)56-47-48(46-55-49(52)43-40-37-34-31-18-15-12-9-6-3)57-51(54)45-42-39-36-33-29-20-17-14-11-8-5-2/h7-8,10-11,16-17,19-20,22-23,25-26,28,30-31,33-34,36,48H,4-6,9,12-15,18,21,24,27,29,32,35,37-47H2,1-3H3/b10-7-,11-8-,19-16-,20-17-,23-22-,26-25-,30-28-,34-31-,36-33-. The molecular formula is C51H80O6. The smallest absolute Gasteiger partial charge is 0.306 e. The van der Waals surface area contributed by atoms with Crippen molar-refractivity contribution in [2.24, 2.45) is 0 Å². The fourth-order valence-corrected chi connectivity index (χ4v) is 5.43. The zero-order valence-electron chi connectivity index (χ0n) is 36.3. The number of esters is 3. The Kier molecular flexibility index (Phi) is 41.7. The van der Waals surface area contributed by atoms with Crippen LogP contribution in [0.3, 0.4) is 0 Å². The molecule has 0 rings (SSSR count). The molecule has 0 aromatic heterocycles. The molecule has 0 fully saturated rings. The molecule has 6 heteroatoms. The molecular weight excluding hydrogens is 709 g/mol. The number of carbonyl (C=O) groups excluding carboxylic acids is 3. The zero-order valence-corrected chi connectivity index (χ0v) is 36.3. The zero-order chi connectivity index (χ0) is 41.5. The molecule has 0 aliphatic carbocycles. The Hall–Kier alpha value is -3.93. The predicted octanol–water partition coefficient (Wildman–Crippen LogP) is 14.4. The minimum Gasteiger partial charge on any atom is -0.462 e. The van der Waals surface area contributed by atoms with Crippen LogP contribution in [0.2, 0.25) is 0 Å². The summed E-state index contributed by atoms with van der Waals surface area (Å²) in [7, 11) is 0. The lowest BCUT2D eigenvalue weighted by molar-refractivity contribution is -0.167. The van der Waals surface area contributed by atoms with Gasteiger partial charge in [0.15, 0.2) is 6.10 Å². The summed E-state index contributed by atoms with van der Waals surface area (Å²) in [5.41, 5.74) is 0. The lowest BCUT2D eigenvalue weighted by Crippen LogP contribution is -2.30. The molecule has 0 aliphatic rings. The van der Waals surface area contributed by atoms with Gasteiger partial charge in [0.25, 0.3) is 0 Å². The van der Waals surface area contributed by atoms with E-state index >= 15 is 0 Å². The molecule has 0 heterocycles. The Balaban J connectivity index is 4.49. The van der Waals surface area contributed by atoms with Gasteiger partial charge in [-0.3, -0.25) is 14.4 Å². The molecule has 0 spiro atoms. The van der Waals surface area contributed by atoms with E-state index in [1.165, 1.54) is 25.7 Å². The van der Waals surface area contributed by atoms with Crippen LogP contribution in [0.5, 0.6) is 0 Å². The normalized spacial score (nSPS) is 13.1. The maximum Gasteiger partial charge on any atom is 0.306 e. The molecule has 0 radical (unpaired) electrons. The van der Waals surface area contributed by atoms with Gasteiger partial charge in [-0.05, 0) is 109 Å². The van der Waals surface area contributed by atoms with Crippen LogP contribution in [0.1, 0.15) is 175 Å². The van der Waals surface area contributed by atoms with Crippen LogP contribution < -0.4 is 0 Å². The van der Waals surface area contributed by atoms with E-state index in [4.69, 9.17) is 14.2 Å². The summed E-state index contributed by atoms with van der Waals surface area (Å²) >= 11 is 0.